The summed E-state index contributed by atoms with van der Waals surface area (Å²) in [6.45, 7) is 6.65. The molecule has 2 N–H and O–H groups in total. The van der Waals surface area contributed by atoms with Crippen LogP contribution in [0.15, 0.2) is 53.3 Å². The van der Waals surface area contributed by atoms with Crippen molar-refractivity contribution in [1.82, 2.24) is 20.1 Å². The average molecular weight is 491 g/mol. The molecule has 1 fully saturated rings. The van der Waals surface area contributed by atoms with Crippen molar-refractivity contribution in [1.29, 1.82) is 0 Å². The van der Waals surface area contributed by atoms with E-state index >= 15 is 0 Å². The van der Waals surface area contributed by atoms with Gasteiger partial charge >= 0.3 is 0 Å². The third-order valence-corrected chi connectivity index (χ3v) is 7.24. The molecule has 36 heavy (non-hydrogen) atoms. The van der Waals surface area contributed by atoms with Crippen LogP contribution in [-0.2, 0) is 17.9 Å². The summed E-state index contributed by atoms with van der Waals surface area (Å²) in [5.41, 5.74) is 3.20. The maximum absolute atomic E-state index is 12.8. The number of pyridine rings is 1. The largest absolute Gasteiger partial charge is 0.486 e. The first-order chi connectivity index (χ1) is 17.5. The highest BCUT2D eigenvalue weighted by Gasteiger charge is 2.33. The number of fused-ring (bicyclic) bond motifs is 2. The van der Waals surface area contributed by atoms with Crippen LogP contribution in [0, 0.1) is 12.8 Å². The summed E-state index contributed by atoms with van der Waals surface area (Å²) < 4.78 is 13.2. The number of carbonyl (C=O) groups excluding carboxylic acids is 1. The Hall–Kier alpha value is -3.36. The van der Waals surface area contributed by atoms with Gasteiger partial charge in [-0.05, 0) is 60.7 Å². The van der Waals surface area contributed by atoms with Crippen LogP contribution in [0.4, 0.5) is 0 Å². The van der Waals surface area contributed by atoms with Gasteiger partial charge in [-0.1, -0.05) is 18.2 Å². The minimum Gasteiger partial charge on any atom is -0.486 e. The first-order valence-corrected chi connectivity index (χ1v) is 12.7. The summed E-state index contributed by atoms with van der Waals surface area (Å²) in [6.07, 6.45) is 0.853. The Morgan fingerprint density at radius 2 is 1.83 bits per heavy atom. The molecule has 0 bridgehead atoms. The van der Waals surface area contributed by atoms with Gasteiger partial charge in [0.05, 0.1) is 11.4 Å². The van der Waals surface area contributed by atoms with Crippen molar-refractivity contribution in [3.63, 3.8) is 0 Å². The van der Waals surface area contributed by atoms with Crippen LogP contribution in [0.2, 0.25) is 0 Å². The van der Waals surface area contributed by atoms with Gasteiger partial charge in [0.15, 0.2) is 11.5 Å². The first kappa shape index (κ1) is 24.3. The number of ether oxygens (including phenoxy) is 2. The van der Waals surface area contributed by atoms with E-state index in [1.165, 1.54) is 0 Å². The van der Waals surface area contributed by atoms with E-state index in [0.717, 1.165) is 53.0 Å². The molecule has 3 heterocycles. The summed E-state index contributed by atoms with van der Waals surface area (Å²) in [5, 5.41) is 7.51. The molecular formula is C28H34N4O4. The van der Waals surface area contributed by atoms with Gasteiger partial charge in [0.25, 0.3) is 5.56 Å². The van der Waals surface area contributed by atoms with Crippen molar-refractivity contribution in [3.05, 3.63) is 70.0 Å². The van der Waals surface area contributed by atoms with Crippen LogP contribution < -0.4 is 25.7 Å². The average Bonchev–Trinajstić information content (AvgIpc) is 2.91. The maximum atomic E-state index is 12.8. The second kappa shape index (κ2) is 10.7. The number of nitrogens with zero attached hydrogens (tertiary/aromatic N) is 2. The Morgan fingerprint density at radius 1 is 1.03 bits per heavy atom. The molecule has 2 unspecified atom stereocenters. The van der Waals surface area contributed by atoms with Crippen molar-refractivity contribution < 1.29 is 14.3 Å². The van der Waals surface area contributed by atoms with Crippen molar-refractivity contribution in [2.75, 3.05) is 39.9 Å². The molecule has 8 nitrogen and oxygen atoms in total. The van der Waals surface area contributed by atoms with Gasteiger partial charge in [0, 0.05) is 45.3 Å². The van der Waals surface area contributed by atoms with E-state index in [4.69, 9.17) is 9.47 Å². The third-order valence-electron chi connectivity index (χ3n) is 7.24. The Kier molecular flexibility index (Phi) is 7.25. The molecule has 8 heteroatoms. The second-order valence-corrected chi connectivity index (χ2v) is 9.66. The molecule has 190 valence electrons. The molecule has 0 aliphatic carbocycles. The number of benzene rings is 2. The molecule has 2 aliphatic rings. The first-order valence-electron chi connectivity index (χ1n) is 12.7. The lowest BCUT2D eigenvalue weighted by atomic mass is 9.91. The lowest BCUT2D eigenvalue weighted by Crippen LogP contribution is -2.54. The SMILES string of the molecule is CNC(=O)C1CN(CCn2c(=O)ccc3ccc(C)cc32)CCC1NCc1ccc2c(c1)OCCO2. The predicted octanol–water partition coefficient (Wildman–Crippen LogP) is 2.31. The van der Waals surface area contributed by atoms with Crippen LogP contribution in [0.3, 0.4) is 0 Å². The molecular weight excluding hydrogens is 456 g/mol. The number of likely N-dealkylation sites (tertiary alicyclic amines) is 1. The summed E-state index contributed by atoms with van der Waals surface area (Å²) in [6, 6.07) is 15.8. The monoisotopic (exact) mass is 490 g/mol. The highest BCUT2D eigenvalue weighted by molar-refractivity contribution is 5.80. The van der Waals surface area contributed by atoms with Crippen molar-refractivity contribution in [2.24, 2.45) is 5.92 Å². The molecule has 0 radical (unpaired) electrons. The topological polar surface area (TPSA) is 84.8 Å². The van der Waals surface area contributed by atoms with E-state index in [1.54, 1.807) is 13.1 Å². The van der Waals surface area contributed by atoms with Crippen LogP contribution >= 0.6 is 0 Å². The number of piperidine rings is 1. The van der Waals surface area contributed by atoms with E-state index in [9.17, 15) is 9.59 Å². The summed E-state index contributed by atoms with van der Waals surface area (Å²) in [5.74, 6) is 1.42. The van der Waals surface area contributed by atoms with E-state index in [-0.39, 0.29) is 23.4 Å². The van der Waals surface area contributed by atoms with Crippen LogP contribution in [0.1, 0.15) is 17.5 Å². The smallest absolute Gasteiger partial charge is 0.251 e. The zero-order valence-electron chi connectivity index (χ0n) is 21.0. The van der Waals surface area contributed by atoms with Crippen molar-refractivity contribution in [2.45, 2.75) is 32.5 Å². The van der Waals surface area contributed by atoms with Gasteiger partial charge in [0.1, 0.15) is 13.2 Å². The minimum atomic E-state index is -0.174. The summed E-state index contributed by atoms with van der Waals surface area (Å²) in [7, 11) is 1.69. The van der Waals surface area contributed by atoms with Crippen molar-refractivity contribution >= 4 is 16.8 Å². The molecule has 0 spiro atoms. The Labute approximate surface area is 211 Å². The van der Waals surface area contributed by atoms with Crippen molar-refractivity contribution in [3.8, 4) is 11.5 Å². The number of rotatable bonds is 7. The zero-order valence-corrected chi connectivity index (χ0v) is 21.0. The quantitative estimate of drug-likeness (QED) is 0.529. The van der Waals surface area contributed by atoms with E-state index in [2.05, 4.69) is 33.7 Å². The molecule has 2 atom stereocenters. The van der Waals surface area contributed by atoms with E-state index < -0.39 is 0 Å². The van der Waals surface area contributed by atoms with Crippen LogP contribution in [-0.4, -0.2) is 61.3 Å². The highest BCUT2D eigenvalue weighted by atomic mass is 16.6. The molecule has 2 aromatic carbocycles. The van der Waals surface area contributed by atoms with Crippen LogP contribution in [0.5, 0.6) is 11.5 Å². The summed E-state index contributed by atoms with van der Waals surface area (Å²) in [4.78, 5) is 27.7. The fourth-order valence-corrected chi connectivity index (χ4v) is 5.23. The standard InChI is InChI=1S/C28H34N4O4/c1-19-3-5-21-6-8-27(33)32(24(21)15-19)12-11-31-10-9-23(22(18-31)28(34)29-2)30-17-20-4-7-25-26(16-20)36-14-13-35-25/h3-8,15-16,22-23,30H,9-14,17-18H2,1-2H3,(H,29,34). The van der Waals surface area contributed by atoms with Gasteiger partial charge < -0.3 is 29.6 Å². The molecule has 1 amide bonds. The van der Waals surface area contributed by atoms with Gasteiger partial charge in [-0.15, -0.1) is 0 Å². The van der Waals surface area contributed by atoms with E-state index in [1.807, 2.05) is 35.8 Å². The zero-order chi connectivity index (χ0) is 25.1. The number of aromatic nitrogens is 1. The molecule has 1 saturated heterocycles. The molecule has 2 aliphatic heterocycles. The number of carbonyl (C=O) groups is 1. The number of aryl methyl sites for hydroxylation is 1. The summed E-state index contributed by atoms with van der Waals surface area (Å²) >= 11 is 0. The van der Waals surface area contributed by atoms with E-state index in [0.29, 0.717) is 32.8 Å². The Balaban J connectivity index is 1.24. The highest BCUT2D eigenvalue weighted by Crippen LogP contribution is 2.31. The number of amides is 1. The van der Waals surface area contributed by atoms with Crippen LogP contribution in [0.25, 0.3) is 10.9 Å². The molecule has 5 rings (SSSR count). The Morgan fingerprint density at radius 3 is 2.67 bits per heavy atom. The lowest BCUT2D eigenvalue weighted by molar-refractivity contribution is -0.127. The van der Waals surface area contributed by atoms with Gasteiger partial charge in [-0.25, -0.2) is 0 Å². The lowest BCUT2D eigenvalue weighted by Gasteiger charge is -2.38. The number of hydrogen-bond donors (Lipinski definition) is 2. The Bertz CT molecular complexity index is 1300. The maximum Gasteiger partial charge on any atom is 0.251 e. The van der Waals surface area contributed by atoms with Gasteiger partial charge in [0.2, 0.25) is 5.91 Å². The second-order valence-electron chi connectivity index (χ2n) is 9.66. The predicted molar refractivity (Wildman–Crippen MR) is 140 cm³/mol. The number of nitrogens with one attached hydrogen (secondary N) is 2. The van der Waals surface area contributed by atoms with Gasteiger partial charge in [-0.2, -0.15) is 0 Å². The minimum absolute atomic E-state index is 0.00642. The normalized spacial score (nSPS) is 19.8. The molecule has 3 aromatic rings. The fraction of sp³-hybridized carbons (Fsp3) is 0.429. The molecule has 0 saturated carbocycles. The molecule has 1 aromatic heterocycles. The van der Waals surface area contributed by atoms with Gasteiger partial charge in [-0.3, -0.25) is 9.59 Å². The number of hydrogen-bond acceptors (Lipinski definition) is 6. The third kappa shape index (κ3) is 5.24. The fourth-order valence-electron chi connectivity index (χ4n) is 5.23.